The SMILES string of the molecule is COC(=O)c1ccc([C@H]2/C(=C(\O)c3ccc(F)cc3)C(=O)C(=O)N2c2nc3ccc(F)cc3s2)cc1. The lowest BCUT2D eigenvalue weighted by Gasteiger charge is -2.23. The number of fused-ring (bicyclic) bond motifs is 1. The molecule has 3 aromatic carbocycles. The van der Waals surface area contributed by atoms with Gasteiger partial charge in [0.05, 0.1) is 34.5 Å². The number of aromatic nitrogens is 1. The molecule has 1 saturated heterocycles. The van der Waals surface area contributed by atoms with Crippen LogP contribution in [0.15, 0.2) is 72.3 Å². The number of Topliss-reactive ketones (excluding diaryl/α,β-unsaturated/α-hetero) is 1. The summed E-state index contributed by atoms with van der Waals surface area (Å²) in [6.07, 6.45) is 0. The second-order valence-corrected chi connectivity index (χ2v) is 8.91. The van der Waals surface area contributed by atoms with Crippen molar-refractivity contribution in [1.29, 1.82) is 0 Å². The molecule has 1 atom stereocenters. The van der Waals surface area contributed by atoms with E-state index in [1.165, 1.54) is 61.7 Å². The van der Waals surface area contributed by atoms with E-state index in [1.807, 2.05) is 0 Å². The number of carbonyl (C=O) groups is 3. The minimum absolute atomic E-state index is 0.123. The number of benzene rings is 3. The number of hydrogen-bond donors (Lipinski definition) is 1. The highest BCUT2D eigenvalue weighted by Crippen LogP contribution is 2.44. The molecule has 0 spiro atoms. The zero-order valence-corrected chi connectivity index (χ0v) is 19.4. The van der Waals surface area contributed by atoms with E-state index in [-0.39, 0.29) is 21.8 Å². The Hall–Kier alpha value is -4.44. The van der Waals surface area contributed by atoms with E-state index in [0.29, 0.717) is 15.8 Å². The number of ketones is 1. The Kier molecular flexibility index (Phi) is 5.81. The number of esters is 1. The van der Waals surface area contributed by atoms with Gasteiger partial charge in [-0.3, -0.25) is 14.5 Å². The number of halogens is 2. The molecule has 1 aromatic heterocycles. The minimum atomic E-state index is -1.12. The molecule has 0 bridgehead atoms. The summed E-state index contributed by atoms with van der Waals surface area (Å²) in [4.78, 5) is 43.9. The van der Waals surface area contributed by atoms with E-state index < -0.39 is 41.1 Å². The van der Waals surface area contributed by atoms with E-state index in [0.717, 1.165) is 28.4 Å². The van der Waals surface area contributed by atoms with Crippen molar-refractivity contribution < 1.29 is 33.0 Å². The lowest BCUT2D eigenvalue weighted by Crippen LogP contribution is -2.29. The summed E-state index contributed by atoms with van der Waals surface area (Å²) in [6, 6.07) is 13.6. The first-order chi connectivity index (χ1) is 17.3. The third-order valence-electron chi connectivity index (χ3n) is 5.75. The van der Waals surface area contributed by atoms with E-state index >= 15 is 0 Å². The van der Waals surface area contributed by atoms with Crippen molar-refractivity contribution in [1.82, 2.24) is 4.98 Å². The topological polar surface area (TPSA) is 96.8 Å². The molecule has 36 heavy (non-hydrogen) atoms. The molecule has 1 aliphatic rings. The molecule has 5 rings (SSSR count). The average Bonchev–Trinajstić information content (AvgIpc) is 3.41. The van der Waals surface area contributed by atoms with Crippen LogP contribution in [0, 0.1) is 11.6 Å². The number of anilines is 1. The molecular weight excluding hydrogens is 490 g/mol. The Morgan fingerprint density at radius 2 is 1.61 bits per heavy atom. The quantitative estimate of drug-likeness (QED) is 0.181. The Morgan fingerprint density at radius 1 is 0.972 bits per heavy atom. The molecule has 0 saturated carbocycles. The fraction of sp³-hybridized carbons (Fsp3) is 0.0769. The van der Waals surface area contributed by atoms with Gasteiger partial charge in [0, 0.05) is 5.56 Å². The number of thiazole rings is 1. The Bertz CT molecular complexity index is 1560. The normalized spacial score (nSPS) is 17.1. The van der Waals surface area contributed by atoms with E-state index in [1.54, 1.807) is 0 Å². The van der Waals surface area contributed by atoms with Gasteiger partial charge in [0.1, 0.15) is 17.4 Å². The Balaban J connectivity index is 1.70. The van der Waals surface area contributed by atoms with Gasteiger partial charge in [-0.05, 0) is 60.2 Å². The van der Waals surface area contributed by atoms with Gasteiger partial charge in [0.15, 0.2) is 5.13 Å². The molecule has 4 aromatic rings. The highest BCUT2D eigenvalue weighted by Gasteiger charge is 2.48. The largest absolute Gasteiger partial charge is 0.507 e. The van der Waals surface area contributed by atoms with Crippen LogP contribution in [0.3, 0.4) is 0 Å². The van der Waals surface area contributed by atoms with E-state index in [4.69, 9.17) is 4.74 Å². The van der Waals surface area contributed by atoms with Crippen LogP contribution in [0.1, 0.15) is 27.5 Å². The number of aliphatic hydroxyl groups is 1. The molecule has 2 heterocycles. The number of hydrogen-bond acceptors (Lipinski definition) is 7. The van der Waals surface area contributed by atoms with Crippen molar-refractivity contribution in [3.63, 3.8) is 0 Å². The van der Waals surface area contributed by atoms with E-state index in [9.17, 15) is 28.3 Å². The summed E-state index contributed by atoms with van der Waals surface area (Å²) in [6.45, 7) is 0. The molecule has 1 amide bonds. The average molecular weight is 506 g/mol. The molecule has 1 fully saturated rings. The second-order valence-electron chi connectivity index (χ2n) is 7.90. The molecule has 0 aliphatic carbocycles. The molecule has 180 valence electrons. The smallest absolute Gasteiger partial charge is 0.337 e. The lowest BCUT2D eigenvalue weighted by molar-refractivity contribution is -0.132. The van der Waals surface area contributed by atoms with Crippen molar-refractivity contribution in [3.05, 3.63) is 101 Å². The van der Waals surface area contributed by atoms with Crippen molar-refractivity contribution in [2.45, 2.75) is 6.04 Å². The van der Waals surface area contributed by atoms with Gasteiger partial charge in [0.25, 0.3) is 5.78 Å². The number of aliphatic hydroxyl groups excluding tert-OH is 1. The first-order valence-corrected chi connectivity index (χ1v) is 11.4. The number of amides is 1. The third-order valence-corrected chi connectivity index (χ3v) is 6.77. The highest BCUT2D eigenvalue weighted by atomic mass is 32.1. The maximum Gasteiger partial charge on any atom is 0.337 e. The predicted molar refractivity (Wildman–Crippen MR) is 129 cm³/mol. The maximum absolute atomic E-state index is 13.8. The highest BCUT2D eigenvalue weighted by molar-refractivity contribution is 7.22. The summed E-state index contributed by atoms with van der Waals surface area (Å²) >= 11 is 1.01. The predicted octanol–water partition coefficient (Wildman–Crippen LogP) is 4.99. The van der Waals surface area contributed by atoms with Gasteiger partial charge < -0.3 is 9.84 Å². The zero-order chi connectivity index (χ0) is 25.6. The van der Waals surface area contributed by atoms with Crippen LogP contribution in [-0.2, 0) is 14.3 Å². The van der Waals surface area contributed by atoms with Gasteiger partial charge in [-0.25, -0.2) is 18.6 Å². The molecule has 0 unspecified atom stereocenters. The minimum Gasteiger partial charge on any atom is -0.507 e. The summed E-state index contributed by atoms with van der Waals surface area (Å²) in [5.41, 5.74) is 0.972. The standard InChI is InChI=1S/C26H16F2N2O5S/c1-35-25(34)15-4-2-13(3-5-15)21-20(22(31)14-6-8-16(27)9-7-14)23(32)24(33)30(21)26-29-18-11-10-17(28)12-19(18)36-26/h2-12,21,31H,1H3/b22-20+/t21-/m0/s1. The number of rotatable bonds is 4. The maximum atomic E-state index is 13.8. The van der Waals surface area contributed by atoms with Gasteiger partial charge >= 0.3 is 11.9 Å². The van der Waals surface area contributed by atoms with Crippen molar-refractivity contribution in [3.8, 4) is 0 Å². The van der Waals surface area contributed by atoms with E-state index in [2.05, 4.69) is 4.98 Å². The lowest BCUT2D eigenvalue weighted by atomic mass is 9.95. The van der Waals surface area contributed by atoms with Crippen LogP contribution in [0.25, 0.3) is 16.0 Å². The molecule has 0 radical (unpaired) electrons. The number of ether oxygens (including phenoxy) is 1. The summed E-state index contributed by atoms with van der Waals surface area (Å²) < 4.78 is 32.4. The van der Waals surface area contributed by atoms with Crippen LogP contribution in [0.4, 0.5) is 13.9 Å². The summed E-state index contributed by atoms with van der Waals surface area (Å²) in [7, 11) is 1.24. The van der Waals surface area contributed by atoms with Crippen LogP contribution in [0.2, 0.25) is 0 Å². The van der Waals surface area contributed by atoms with Crippen molar-refractivity contribution in [2.75, 3.05) is 12.0 Å². The Morgan fingerprint density at radius 3 is 2.28 bits per heavy atom. The van der Waals surface area contributed by atoms with Crippen LogP contribution in [0.5, 0.6) is 0 Å². The summed E-state index contributed by atoms with van der Waals surface area (Å²) in [5.74, 6) is -4.00. The summed E-state index contributed by atoms with van der Waals surface area (Å²) in [5, 5.41) is 11.2. The first kappa shape index (κ1) is 23.3. The molecule has 1 aliphatic heterocycles. The Labute approximate surface area is 206 Å². The molecular formula is C26H16F2N2O5S. The van der Waals surface area contributed by atoms with Crippen LogP contribution < -0.4 is 4.90 Å². The number of carbonyl (C=O) groups excluding carboxylic acids is 3. The van der Waals surface area contributed by atoms with Crippen LogP contribution in [-0.4, -0.2) is 34.9 Å². The third kappa shape index (κ3) is 3.91. The first-order valence-electron chi connectivity index (χ1n) is 10.6. The molecule has 10 heteroatoms. The van der Waals surface area contributed by atoms with Crippen molar-refractivity contribution >= 4 is 50.1 Å². The molecule has 1 N–H and O–H groups in total. The molecule has 7 nitrogen and oxygen atoms in total. The second kappa shape index (κ2) is 8.97. The van der Waals surface area contributed by atoms with Crippen LogP contribution >= 0.6 is 11.3 Å². The number of nitrogens with zero attached hydrogens (tertiary/aromatic N) is 2. The van der Waals surface area contributed by atoms with Crippen molar-refractivity contribution in [2.24, 2.45) is 0 Å². The van der Waals surface area contributed by atoms with Gasteiger partial charge in [-0.1, -0.05) is 23.5 Å². The fourth-order valence-corrected chi connectivity index (χ4v) is 5.03. The zero-order valence-electron chi connectivity index (χ0n) is 18.6. The van der Waals surface area contributed by atoms with Gasteiger partial charge in [-0.2, -0.15) is 0 Å². The van der Waals surface area contributed by atoms with Gasteiger partial charge in [0.2, 0.25) is 0 Å². The monoisotopic (exact) mass is 506 g/mol. The number of methoxy groups -OCH3 is 1. The van der Waals surface area contributed by atoms with Gasteiger partial charge in [-0.15, -0.1) is 0 Å². The fourth-order valence-electron chi connectivity index (χ4n) is 4.02.